The average Bonchev–Trinajstić information content (AvgIpc) is 2.69. The van der Waals surface area contributed by atoms with Crippen LogP contribution in [0, 0.1) is 6.92 Å². The molecule has 2 heterocycles. The highest BCUT2D eigenvalue weighted by atomic mass is 32.2. The molecule has 10 heteroatoms. The second kappa shape index (κ2) is 8.53. The van der Waals surface area contributed by atoms with Gasteiger partial charge in [0.2, 0.25) is 15.9 Å². The van der Waals surface area contributed by atoms with E-state index in [1.807, 2.05) is 0 Å². The topological polar surface area (TPSA) is 111 Å². The van der Waals surface area contributed by atoms with Gasteiger partial charge in [-0.15, -0.1) is 0 Å². The molecule has 28 heavy (non-hydrogen) atoms. The summed E-state index contributed by atoms with van der Waals surface area (Å²) in [4.78, 5) is 19.6. The minimum atomic E-state index is -3.61. The fourth-order valence-electron chi connectivity index (χ4n) is 2.89. The van der Waals surface area contributed by atoms with Crippen molar-refractivity contribution in [1.82, 2.24) is 14.3 Å². The summed E-state index contributed by atoms with van der Waals surface area (Å²) in [7, 11) is -2.35. The van der Waals surface area contributed by atoms with Crippen molar-refractivity contribution >= 4 is 21.8 Å². The second-order valence-corrected chi connectivity index (χ2v) is 8.24. The first kappa shape index (κ1) is 20.0. The molecule has 150 valence electrons. The molecule has 0 atom stereocenters. The standard InChI is InChI=1S/C18H22N4O5S/c1-13-19-10-7-17(20-13)27-15-8-11-22(12-9-15)28(24,25)16-5-3-14(4-6-16)21-18(23)26-2/h3-7,10,15H,8-9,11-12H2,1-2H3,(H,21,23). The van der Waals surface area contributed by atoms with Crippen LogP contribution >= 0.6 is 0 Å². The van der Waals surface area contributed by atoms with Gasteiger partial charge >= 0.3 is 6.09 Å². The maximum absolute atomic E-state index is 12.8. The second-order valence-electron chi connectivity index (χ2n) is 6.30. The van der Waals surface area contributed by atoms with Crippen LogP contribution < -0.4 is 10.1 Å². The van der Waals surface area contributed by atoms with Gasteiger partial charge in [-0.1, -0.05) is 0 Å². The summed E-state index contributed by atoms with van der Waals surface area (Å²) < 4.78 is 37.5. The molecule has 0 unspecified atom stereocenters. The molecule has 1 N–H and O–H groups in total. The summed E-state index contributed by atoms with van der Waals surface area (Å²) in [5.74, 6) is 1.13. The Morgan fingerprint density at radius 3 is 2.46 bits per heavy atom. The maximum Gasteiger partial charge on any atom is 0.411 e. The van der Waals surface area contributed by atoms with Crippen LogP contribution in [-0.4, -0.2) is 55.1 Å². The molecule has 1 saturated heterocycles. The first-order valence-electron chi connectivity index (χ1n) is 8.80. The van der Waals surface area contributed by atoms with Crippen molar-refractivity contribution in [3.05, 3.63) is 42.4 Å². The largest absolute Gasteiger partial charge is 0.474 e. The fourth-order valence-corrected chi connectivity index (χ4v) is 4.36. The van der Waals surface area contributed by atoms with Gasteiger partial charge in [0, 0.05) is 31.0 Å². The van der Waals surface area contributed by atoms with Gasteiger partial charge in [-0.25, -0.2) is 18.2 Å². The molecule has 0 saturated carbocycles. The minimum absolute atomic E-state index is 0.0904. The lowest BCUT2D eigenvalue weighted by Crippen LogP contribution is -2.41. The number of hydrogen-bond donors (Lipinski definition) is 1. The van der Waals surface area contributed by atoms with Gasteiger partial charge in [0.1, 0.15) is 11.9 Å². The number of benzene rings is 1. The number of carbonyl (C=O) groups is 1. The smallest absolute Gasteiger partial charge is 0.411 e. The summed E-state index contributed by atoms with van der Waals surface area (Å²) in [6, 6.07) is 7.67. The van der Waals surface area contributed by atoms with Crippen LogP contribution in [0.3, 0.4) is 0 Å². The SMILES string of the molecule is COC(=O)Nc1ccc(S(=O)(=O)N2CCC(Oc3ccnc(C)n3)CC2)cc1. The number of rotatable bonds is 5. The van der Waals surface area contributed by atoms with Crippen molar-refractivity contribution in [1.29, 1.82) is 0 Å². The highest BCUT2D eigenvalue weighted by Crippen LogP contribution is 2.24. The van der Waals surface area contributed by atoms with Gasteiger partial charge in [0.15, 0.2) is 0 Å². The number of sulfonamides is 1. The molecule has 1 aliphatic rings. The van der Waals surface area contributed by atoms with Crippen molar-refractivity contribution in [3.63, 3.8) is 0 Å². The van der Waals surface area contributed by atoms with Crippen molar-refractivity contribution in [2.75, 3.05) is 25.5 Å². The average molecular weight is 406 g/mol. The Hall–Kier alpha value is -2.72. The van der Waals surface area contributed by atoms with Gasteiger partial charge in [-0.2, -0.15) is 9.29 Å². The minimum Gasteiger partial charge on any atom is -0.474 e. The fraction of sp³-hybridized carbons (Fsp3) is 0.389. The van der Waals surface area contributed by atoms with Crippen molar-refractivity contribution in [2.45, 2.75) is 30.8 Å². The Balaban J connectivity index is 1.60. The Bertz CT molecular complexity index is 925. The van der Waals surface area contributed by atoms with E-state index in [9.17, 15) is 13.2 Å². The Kier molecular flexibility index (Phi) is 6.10. The molecule has 1 aliphatic heterocycles. The molecule has 0 spiro atoms. The Labute approximate surface area is 163 Å². The monoisotopic (exact) mass is 406 g/mol. The molecule has 1 aromatic heterocycles. The zero-order valence-electron chi connectivity index (χ0n) is 15.7. The third-order valence-electron chi connectivity index (χ3n) is 4.36. The quantitative estimate of drug-likeness (QED) is 0.810. The highest BCUT2D eigenvalue weighted by Gasteiger charge is 2.30. The molecule has 1 fully saturated rings. The van der Waals surface area contributed by atoms with E-state index in [0.29, 0.717) is 43.3 Å². The highest BCUT2D eigenvalue weighted by molar-refractivity contribution is 7.89. The van der Waals surface area contributed by atoms with E-state index in [0.717, 1.165) is 0 Å². The summed E-state index contributed by atoms with van der Waals surface area (Å²) in [5, 5.41) is 2.49. The van der Waals surface area contributed by atoms with Gasteiger partial charge in [-0.3, -0.25) is 5.32 Å². The third-order valence-corrected chi connectivity index (χ3v) is 6.28. The normalized spacial score (nSPS) is 15.8. The predicted molar refractivity (Wildman–Crippen MR) is 102 cm³/mol. The summed E-state index contributed by atoms with van der Waals surface area (Å²) in [6.07, 6.45) is 2.08. The molecule has 9 nitrogen and oxygen atoms in total. The summed E-state index contributed by atoms with van der Waals surface area (Å²) in [5.41, 5.74) is 0.457. The van der Waals surface area contributed by atoms with E-state index in [2.05, 4.69) is 20.0 Å². The number of hydrogen-bond acceptors (Lipinski definition) is 7. The molecule has 0 aliphatic carbocycles. The number of methoxy groups -OCH3 is 1. The zero-order chi connectivity index (χ0) is 20.1. The van der Waals surface area contributed by atoms with Crippen molar-refractivity contribution in [2.24, 2.45) is 0 Å². The number of piperidine rings is 1. The lowest BCUT2D eigenvalue weighted by molar-refractivity contribution is 0.129. The predicted octanol–water partition coefficient (Wildman–Crippen LogP) is 2.20. The number of amides is 1. The van der Waals surface area contributed by atoms with Crippen LogP contribution in [0.25, 0.3) is 0 Å². The summed E-state index contributed by atoms with van der Waals surface area (Å²) in [6.45, 7) is 2.51. The van der Waals surface area contributed by atoms with Gasteiger partial charge in [0.25, 0.3) is 0 Å². The van der Waals surface area contributed by atoms with Gasteiger partial charge in [0.05, 0.1) is 12.0 Å². The lowest BCUT2D eigenvalue weighted by atomic mass is 10.1. The first-order valence-corrected chi connectivity index (χ1v) is 10.2. The first-order chi connectivity index (χ1) is 13.4. The van der Waals surface area contributed by atoms with E-state index in [1.165, 1.54) is 35.7 Å². The number of anilines is 1. The Morgan fingerprint density at radius 2 is 1.86 bits per heavy atom. The van der Waals surface area contributed by atoms with Crippen LogP contribution in [0.4, 0.5) is 10.5 Å². The number of aryl methyl sites for hydroxylation is 1. The number of aromatic nitrogens is 2. The van der Waals surface area contributed by atoms with Crippen molar-refractivity contribution in [3.8, 4) is 5.88 Å². The van der Waals surface area contributed by atoms with E-state index < -0.39 is 16.1 Å². The number of nitrogens with one attached hydrogen (secondary N) is 1. The van der Waals surface area contributed by atoms with Crippen LogP contribution in [-0.2, 0) is 14.8 Å². The van der Waals surface area contributed by atoms with Crippen molar-refractivity contribution < 1.29 is 22.7 Å². The molecule has 0 bridgehead atoms. The van der Waals surface area contributed by atoms with Crippen LogP contribution in [0.2, 0.25) is 0 Å². The van der Waals surface area contributed by atoms with E-state index >= 15 is 0 Å². The number of carbonyl (C=O) groups excluding carboxylic acids is 1. The number of nitrogens with zero attached hydrogens (tertiary/aromatic N) is 3. The molecule has 0 radical (unpaired) electrons. The van der Waals surface area contributed by atoms with E-state index in [-0.39, 0.29) is 11.0 Å². The molecule has 3 rings (SSSR count). The van der Waals surface area contributed by atoms with Gasteiger partial charge in [-0.05, 0) is 44.0 Å². The Morgan fingerprint density at radius 1 is 1.18 bits per heavy atom. The maximum atomic E-state index is 12.8. The molecular weight excluding hydrogens is 384 g/mol. The molecule has 2 aromatic rings. The van der Waals surface area contributed by atoms with E-state index in [4.69, 9.17) is 4.74 Å². The van der Waals surface area contributed by atoms with E-state index in [1.54, 1.807) is 19.2 Å². The van der Waals surface area contributed by atoms with Crippen LogP contribution in [0.5, 0.6) is 5.88 Å². The third kappa shape index (κ3) is 4.76. The zero-order valence-corrected chi connectivity index (χ0v) is 16.5. The molecule has 1 aromatic carbocycles. The lowest BCUT2D eigenvalue weighted by Gasteiger charge is -2.31. The summed E-state index contributed by atoms with van der Waals surface area (Å²) >= 11 is 0. The molecular formula is C18H22N4O5S. The van der Waals surface area contributed by atoms with Crippen LogP contribution in [0.15, 0.2) is 41.4 Å². The number of ether oxygens (including phenoxy) is 2. The van der Waals surface area contributed by atoms with Gasteiger partial charge < -0.3 is 9.47 Å². The van der Waals surface area contributed by atoms with Crippen LogP contribution in [0.1, 0.15) is 18.7 Å². The molecule has 1 amide bonds.